The van der Waals surface area contributed by atoms with E-state index in [9.17, 15) is 4.79 Å². The summed E-state index contributed by atoms with van der Waals surface area (Å²) >= 11 is 5.60. The first-order chi connectivity index (χ1) is 6.93. The molecule has 0 aliphatic heterocycles. The SMILES string of the molecule is CC(C)C(C)C(=O)c1cc(Br)ccc1I. The highest BCUT2D eigenvalue weighted by molar-refractivity contribution is 14.1. The van der Waals surface area contributed by atoms with E-state index in [0.717, 1.165) is 13.6 Å². The fourth-order valence-electron chi connectivity index (χ4n) is 1.23. The number of ketones is 1. The number of benzene rings is 1. The highest BCUT2D eigenvalue weighted by atomic mass is 127. The van der Waals surface area contributed by atoms with E-state index < -0.39 is 0 Å². The summed E-state index contributed by atoms with van der Waals surface area (Å²) in [6.07, 6.45) is 0. The molecule has 0 heterocycles. The first-order valence-electron chi connectivity index (χ1n) is 4.92. The second-order valence-electron chi connectivity index (χ2n) is 4.02. The van der Waals surface area contributed by atoms with Gasteiger partial charge in [0, 0.05) is 19.5 Å². The summed E-state index contributed by atoms with van der Waals surface area (Å²) in [6, 6.07) is 5.83. The van der Waals surface area contributed by atoms with Gasteiger partial charge in [-0.1, -0.05) is 36.7 Å². The van der Waals surface area contributed by atoms with Crippen LogP contribution >= 0.6 is 38.5 Å². The van der Waals surface area contributed by atoms with Crippen LogP contribution in [0.2, 0.25) is 0 Å². The fraction of sp³-hybridized carbons (Fsp3) is 0.417. The quantitative estimate of drug-likeness (QED) is 0.556. The number of Topliss-reactive ketones (excluding diaryl/α,β-unsaturated/α-hetero) is 1. The van der Waals surface area contributed by atoms with Gasteiger partial charge in [-0.25, -0.2) is 0 Å². The lowest BCUT2D eigenvalue weighted by atomic mass is 9.90. The Kier molecular flexibility index (Phi) is 4.77. The molecule has 0 fully saturated rings. The Morgan fingerprint density at radius 2 is 1.93 bits per heavy atom. The van der Waals surface area contributed by atoms with Crippen LogP contribution in [0.4, 0.5) is 0 Å². The molecule has 1 rings (SSSR count). The van der Waals surface area contributed by atoms with E-state index >= 15 is 0 Å². The summed E-state index contributed by atoms with van der Waals surface area (Å²) < 4.78 is 1.98. The molecule has 1 aromatic carbocycles. The number of rotatable bonds is 3. The van der Waals surface area contributed by atoms with Crippen LogP contribution in [0, 0.1) is 15.4 Å². The second kappa shape index (κ2) is 5.43. The maximum Gasteiger partial charge on any atom is 0.167 e. The van der Waals surface area contributed by atoms with Crippen molar-refractivity contribution in [2.24, 2.45) is 11.8 Å². The van der Waals surface area contributed by atoms with Crippen molar-refractivity contribution < 1.29 is 4.79 Å². The molecular weight excluding hydrogens is 367 g/mol. The molecule has 0 aliphatic rings. The molecule has 0 spiro atoms. The van der Waals surface area contributed by atoms with E-state index in [1.165, 1.54) is 0 Å². The van der Waals surface area contributed by atoms with Gasteiger partial charge in [0.1, 0.15) is 0 Å². The number of carbonyl (C=O) groups excluding carboxylic acids is 1. The molecule has 82 valence electrons. The lowest BCUT2D eigenvalue weighted by Crippen LogP contribution is -2.18. The van der Waals surface area contributed by atoms with Gasteiger partial charge in [-0.15, -0.1) is 0 Å². The van der Waals surface area contributed by atoms with E-state index in [4.69, 9.17) is 0 Å². The average molecular weight is 381 g/mol. The molecule has 1 aromatic rings. The van der Waals surface area contributed by atoms with Crippen LogP contribution in [-0.4, -0.2) is 5.78 Å². The Hall–Kier alpha value is 0.1000. The maximum atomic E-state index is 12.1. The third-order valence-corrected chi connectivity index (χ3v) is 4.04. The molecule has 0 N–H and O–H groups in total. The third kappa shape index (κ3) is 3.28. The minimum Gasteiger partial charge on any atom is -0.294 e. The van der Waals surface area contributed by atoms with Crippen LogP contribution in [-0.2, 0) is 0 Å². The van der Waals surface area contributed by atoms with Crippen LogP contribution in [0.25, 0.3) is 0 Å². The van der Waals surface area contributed by atoms with Gasteiger partial charge in [-0.3, -0.25) is 4.79 Å². The smallest absolute Gasteiger partial charge is 0.167 e. The van der Waals surface area contributed by atoms with Crippen molar-refractivity contribution in [2.45, 2.75) is 20.8 Å². The largest absolute Gasteiger partial charge is 0.294 e. The molecule has 1 unspecified atom stereocenters. The van der Waals surface area contributed by atoms with E-state index in [0.29, 0.717) is 5.92 Å². The standard InChI is InChI=1S/C12H14BrIO/c1-7(2)8(3)12(15)10-6-9(13)4-5-11(10)14/h4-8H,1-3H3. The maximum absolute atomic E-state index is 12.1. The summed E-state index contributed by atoms with van der Waals surface area (Å²) in [7, 11) is 0. The zero-order valence-corrected chi connectivity index (χ0v) is 12.8. The zero-order chi connectivity index (χ0) is 11.6. The minimum absolute atomic E-state index is 0.0767. The number of hydrogen-bond acceptors (Lipinski definition) is 1. The topological polar surface area (TPSA) is 17.1 Å². The van der Waals surface area contributed by atoms with Gasteiger partial charge < -0.3 is 0 Å². The molecule has 1 nitrogen and oxygen atoms in total. The van der Waals surface area contributed by atoms with Crippen molar-refractivity contribution >= 4 is 44.3 Å². The van der Waals surface area contributed by atoms with Crippen LogP contribution in [0.5, 0.6) is 0 Å². The van der Waals surface area contributed by atoms with Crippen LogP contribution in [0.15, 0.2) is 22.7 Å². The summed E-state index contributed by atoms with van der Waals surface area (Å²) in [6.45, 7) is 6.14. The molecule has 15 heavy (non-hydrogen) atoms. The van der Waals surface area contributed by atoms with Gasteiger partial charge in [0.25, 0.3) is 0 Å². The van der Waals surface area contributed by atoms with Crippen LogP contribution < -0.4 is 0 Å². The number of hydrogen-bond donors (Lipinski definition) is 0. The Morgan fingerprint density at radius 3 is 2.47 bits per heavy atom. The molecule has 0 bridgehead atoms. The van der Waals surface area contributed by atoms with Crippen molar-refractivity contribution in [3.05, 3.63) is 31.8 Å². The number of carbonyl (C=O) groups is 1. The van der Waals surface area contributed by atoms with Crippen molar-refractivity contribution in [3.8, 4) is 0 Å². The van der Waals surface area contributed by atoms with Gasteiger partial charge in [-0.2, -0.15) is 0 Å². The van der Waals surface area contributed by atoms with Crippen molar-refractivity contribution in [1.29, 1.82) is 0 Å². The van der Waals surface area contributed by atoms with E-state index in [1.807, 2.05) is 25.1 Å². The first kappa shape index (κ1) is 13.2. The van der Waals surface area contributed by atoms with Crippen molar-refractivity contribution in [1.82, 2.24) is 0 Å². The fourth-order valence-corrected chi connectivity index (χ4v) is 2.20. The van der Waals surface area contributed by atoms with Crippen molar-refractivity contribution in [3.63, 3.8) is 0 Å². The van der Waals surface area contributed by atoms with E-state index in [2.05, 4.69) is 52.4 Å². The Balaban J connectivity index is 3.05. The molecule has 0 saturated carbocycles. The van der Waals surface area contributed by atoms with Gasteiger partial charge in [-0.05, 0) is 46.7 Å². The minimum atomic E-state index is 0.0767. The highest BCUT2D eigenvalue weighted by Gasteiger charge is 2.20. The van der Waals surface area contributed by atoms with Gasteiger partial charge in [0.05, 0.1) is 0 Å². The Bertz CT molecular complexity index is 374. The molecule has 0 aliphatic carbocycles. The monoisotopic (exact) mass is 380 g/mol. The van der Waals surface area contributed by atoms with E-state index in [-0.39, 0.29) is 11.7 Å². The molecule has 0 saturated heterocycles. The summed E-state index contributed by atoms with van der Waals surface area (Å²) in [5, 5.41) is 0. The van der Waals surface area contributed by atoms with Gasteiger partial charge in [0.15, 0.2) is 5.78 Å². The van der Waals surface area contributed by atoms with E-state index in [1.54, 1.807) is 0 Å². The lowest BCUT2D eigenvalue weighted by Gasteiger charge is -2.15. The van der Waals surface area contributed by atoms with Gasteiger partial charge >= 0.3 is 0 Å². The third-order valence-electron chi connectivity index (χ3n) is 2.61. The molecule has 0 aromatic heterocycles. The van der Waals surface area contributed by atoms with Crippen LogP contribution in [0.3, 0.4) is 0 Å². The molecule has 1 atom stereocenters. The summed E-state index contributed by atoms with van der Waals surface area (Å²) in [4.78, 5) is 12.1. The van der Waals surface area contributed by atoms with Crippen molar-refractivity contribution in [2.75, 3.05) is 0 Å². The molecule has 0 radical (unpaired) electrons. The zero-order valence-electron chi connectivity index (χ0n) is 9.05. The molecule has 3 heteroatoms. The highest BCUT2D eigenvalue weighted by Crippen LogP contribution is 2.23. The van der Waals surface area contributed by atoms with Crippen LogP contribution in [0.1, 0.15) is 31.1 Å². The predicted octanol–water partition coefficient (Wildman–Crippen LogP) is 4.53. The second-order valence-corrected chi connectivity index (χ2v) is 6.10. The first-order valence-corrected chi connectivity index (χ1v) is 6.80. The predicted molar refractivity (Wildman–Crippen MR) is 75.2 cm³/mol. The molecular formula is C12H14BrIO. The summed E-state index contributed by atoms with van der Waals surface area (Å²) in [5.41, 5.74) is 0.825. The lowest BCUT2D eigenvalue weighted by molar-refractivity contribution is 0.0899. The van der Waals surface area contributed by atoms with Gasteiger partial charge in [0.2, 0.25) is 0 Å². The molecule has 0 amide bonds. The normalized spacial score (nSPS) is 12.9. The number of halogens is 2. The summed E-state index contributed by atoms with van der Waals surface area (Å²) in [5.74, 6) is 0.691. The average Bonchev–Trinajstić information content (AvgIpc) is 2.19. The Labute approximate surface area is 113 Å². The Morgan fingerprint density at radius 1 is 1.33 bits per heavy atom.